The van der Waals surface area contributed by atoms with Crippen LogP contribution in [0.4, 0.5) is 5.69 Å². The summed E-state index contributed by atoms with van der Waals surface area (Å²) < 4.78 is 1.05. The fourth-order valence-corrected chi connectivity index (χ4v) is 2.68. The number of nitrogens with two attached hydrogens (primary N) is 1. The quantitative estimate of drug-likeness (QED) is 0.739. The molecule has 0 saturated carbocycles. The largest absolute Gasteiger partial charge is 0.399 e. The van der Waals surface area contributed by atoms with Crippen molar-refractivity contribution < 1.29 is 9.90 Å². The van der Waals surface area contributed by atoms with Gasteiger partial charge in [-0.1, -0.05) is 0 Å². The first-order valence-corrected chi connectivity index (χ1v) is 6.62. The predicted octanol–water partition coefficient (Wildman–Crippen LogP) is 1.98. The van der Waals surface area contributed by atoms with Crippen LogP contribution in [0.1, 0.15) is 23.0 Å². The molecule has 0 bridgehead atoms. The molecular weight excluding hydrogens is 248 g/mol. The number of carbonyl (C=O) groups is 1. The Bertz CT molecular complexity index is 565. The third kappa shape index (κ3) is 2.80. The molecule has 0 radical (unpaired) electrons. The van der Waals surface area contributed by atoms with Gasteiger partial charge in [-0.25, -0.2) is 0 Å². The Labute approximate surface area is 109 Å². The van der Waals surface area contributed by atoms with E-state index in [9.17, 15) is 4.79 Å². The Kier molecular flexibility index (Phi) is 3.84. The highest BCUT2D eigenvalue weighted by Crippen LogP contribution is 2.27. The lowest BCUT2D eigenvalue weighted by Crippen LogP contribution is -2.32. The van der Waals surface area contributed by atoms with Crippen LogP contribution in [-0.4, -0.2) is 23.7 Å². The summed E-state index contributed by atoms with van der Waals surface area (Å²) in [4.78, 5) is 12.6. The number of aliphatic hydroxyl groups excluding tert-OH is 1. The second kappa shape index (κ2) is 5.37. The zero-order valence-corrected chi connectivity index (χ0v) is 11.0. The predicted molar refractivity (Wildman–Crippen MR) is 74.9 cm³/mol. The standard InChI is InChI=1S/C13H16N2O2S/c1-8(4-5-16)15-13(17)12-7-9-6-10(14)2-3-11(9)18-12/h2-3,6-8,16H,4-5,14H2,1H3,(H,15,17). The Morgan fingerprint density at radius 1 is 1.50 bits per heavy atom. The molecule has 1 amide bonds. The first-order chi connectivity index (χ1) is 8.60. The summed E-state index contributed by atoms with van der Waals surface area (Å²) in [5.74, 6) is -0.101. The molecule has 18 heavy (non-hydrogen) atoms. The molecule has 2 rings (SSSR count). The van der Waals surface area contributed by atoms with Crippen LogP contribution in [-0.2, 0) is 0 Å². The molecule has 4 N–H and O–H groups in total. The van der Waals surface area contributed by atoms with Gasteiger partial charge in [-0.2, -0.15) is 0 Å². The van der Waals surface area contributed by atoms with Gasteiger partial charge in [0.05, 0.1) is 4.88 Å². The highest BCUT2D eigenvalue weighted by Gasteiger charge is 2.12. The summed E-state index contributed by atoms with van der Waals surface area (Å²) in [6, 6.07) is 7.42. The number of rotatable bonds is 4. The van der Waals surface area contributed by atoms with Crippen LogP contribution in [0.25, 0.3) is 10.1 Å². The van der Waals surface area contributed by atoms with Crippen LogP contribution in [0.15, 0.2) is 24.3 Å². The van der Waals surface area contributed by atoms with Gasteiger partial charge >= 0.3 is 0 Å². The van der Waals surface area contributed by atoms with E-state index < -0.39 is 0 Å². The first-order valence-electron chi connectivity index (χ1n) is 5.81. The molecule has 1 unspecified atom stereocenters. The van der Waals surface area contributed by atoms with E-state index in [1.807, 2.05) is 31.2 Å². The highest BCUT2D eigenvalue weighted by atomic mass is 32.1. The Morgan fingerprint density at radius 2 is 2.28 bits per heavy atom. The molecule has 0 fully saturated rings. The van der Waals surface area contributed by atoms with E-state index in [1.54, 1.807) is 0 Å². The van der Waals surface area contributed by atoms with Crippen LogP contribution < -0.4 is 11.1 Å². The molecule has 0 aliphatic heterocycles. The van der Waals surface area contributed by atoms with E-state index in [-0.39, 0.29) is 18.6 Å². The van der Waals surface area contributed by atoms with Crippen LogP contribution in [0.5, 0.6) is 0 Å². The van der Waals surface area contributed by atoms with Crippen LogP contribution in [0.2, 0.25) is 0 Å². The normalized spacial score (nSPS) is 12.6. The van der Waals surface area contributed by atoms with Gasteiger partial charge in [-0.3, -0.25) is 4.79 Å². The summed E-state index contributed by atoms with van der Waals surface area (Å²) in [7, 11) is 0. The number of carbonyl (C=O) groups excluding carboxylic acids is 1. The second-order valence-electron chi connectivity index (χ2n) is 4.29. The topological polar surface area (TPSA) is 75.3 Å². The third-order valence-corrected chi connectivity index (χ3v) is 3.82. The summed E-state index contributed by atoms with van der Waals surface area (Å²) in [6.45, 7) is 1.95. The van der Waals surface area contributed by atoms with Crippen LogP contribution in [0, 0.1) is 0 Å². The van der Waals surface area contributed by atoms with Crippen molar-refractivity contribution >= 4 is 33.0 Å². The molecule has 0 spiro atoms. The average Bonchev–Trinajstić information content (AvgIpc) is 2.72. The summed E-state index contributed by atoms with van der Waals surface area (Å²) in [5.41, 5.74) is 6.40. The van der Waals surface area contributed by atoms with Gasteiger partial charge in [-0.05, 0) is 43.0 Å². The van der Waals surface area contributed by atoms with Gasteiger partial charge in [0.25, 0.3) is 5.91 Å². The Hall–Kier alpha value is -1.59. The molecule has 5 heteroatoms. The molecule has 4 nitrogen and oxygen atoms in total. The number of aliphatic hydroxyl groups is 1. The number of nitrogen functional groups attached to an aromatic ring is 1. The van der Waals surface area contributed by atoms with Gasteiger partial charge in [0.2, 0.25) is 0 Å². The number of anilines is 1. The molecule has 0 saturated heterocycles. The Balaban J connectivity index is 2.18. The van der Waals surface area contributed by atoms with Crippen molar-refractivity contribution in [3.05, 3.63) is 29.1 Å². The van der Waals surface area contributed by atoms with E-state index in [0.717, 1.165) is 10.1 Å². The summed E-state index contributed by atoms with van der Waals surface area (Å²) in [6.07, 6.45) is 0.559. The van der Waals surface area contributed by atoms with Crippen molar-refractivity contribution in [2.45, 2.75) is 19.4 Å². The van der Waals surface area contributed by atoms with Gasteiger partial charge in [0.15, 0.2) is 0 Å². The molecule has 1 heterocycles. The monoisotopic (exact) mass is 264 g/mol. The molecule has 2 aromatic rings. The fraction of sp³-hybridized carbons (Fsp3) is 0.308. The van der Waals surface area contributed by atoms with Crippen molar-refractivity contribution in [1.29, 1.82) is 0 Å². The number of thiophene rings is 1. The molecule has 1 atom stereocenters. The third-order valence-electron chi connectivity index (χ3n) is 2.70. The van der Waals surface area contributed by atoms with Gasteiger partial charge in [-0.15, -0.1) is 11.3 Å². The van der Waals surface area contributed by atoms with Crippen molar-refractivity contribution in [2.24, 2.45) is 0 Å². The van der Waals surface area contributed by atoms with E-state index in [0.29, 0.717) is 17.0 Å². The number of fused-ring (bicyclic) bond motifs is 1. The summed E-state index contributed by atoms with van der Waals surface area (Å²) >= 11 is 1.44. The zero-order chi connectivity index (χ0) is 13.1. The maximum atomic E-state index is 12.0. The van der Waals surface area contributed by atoms with Crippen molar-refractivity contribution in [3.63, 3.8) is 0 Å². The van der Waals surface area contributed by atoms with Gasteiger partial charge < -0.3 is 16.2 Å². The van der Waals surface area contributed by atoms with Crippen LogP contribution >= 0.6 is 11.3 Å². The summed E-state index contributed by atoms with van der Waals surface area (Å²) in [5, 5.41) is 12.6. The molecule has 96 valence electrons. The van der Waals surface area contributed by atoms with Gasteiger partial charge in [0.1, 0.15) is 0 Å². The van der Waals surface area contributed by atoms with Crippen molar-refractivity contribution in [1.82, 2.24) is 5.32 Å². The molecule has 1 aromatic heterocycles. The smallest absolute Gasteiger partial charge is 0.261 e. The van der Waals surface area contributed by atoms with Gasteiger partial charge in [0, 0.05) is 23.0 Å². The number of hydrogen-bond donors (Lipinski definition) is 3. The lowest BCUT2D eigenvalue weighted by atomic mass is 10.2. The minimum atomic E-state index is -0.101. The number of amides is 1. The minimum absolute atomic E-state index is 0.0298. The van der Waals surface area contributed by atoms with Crippen LogP contribution in [0.3, 0.4) is 0 Å². The number of nitrogens with one attached hydrogen (secondary N) is 1. The molecule has 0 aliphatic rings. The molecule has 0 aliphatic carbocycles. The molecular formula is C13H16N2O2S. The lowest BCUT2D eigenvalue weighted by Gasteiger charge is -2.10. The first kappa shape index (κ1) is 12.9. The number of benzene rings is 1. The van der Waals surface area contributed by atoms with E-state index in [2.05, 4.69) is 5.32 Å². The number of hydrogen-bond acceptors (Lipinski definition) is 4. The maximum absolute atomic E-state index is 12.0. The second-order valence-corrected chi connectivity index (χ2v) is 5.38. The van der Waals surface area contributed by atoms with E-state index in [1.165, 1.54) is 11.3 Å². The fourth-order valence-electron chi connectivity index (χ4n) is 1.73. The average molecular weight is 264 g/mol. The van der Waals surface area contributed by atoms with E-state index >= 15 is 0 Å². The Morgan fingerprint density at radius 3 is 3.00 bits per heavy atom. The maximum Gasteiger partial charge on any atom is 0.261 e. The lowest BCUT2D eigenvalue weighted by molar-refractivity contribution is 0.0938. The zero-order valence-electron chi connectivity index (χ0n) is 10.1. The molecule has 1 aromatic carbocycles. The highest BCUT2D eigenvalue weighted by molar-refractivity contribution is 7.20. The minimum Gasteiger partial charge on any atom is -0.399 e. The van der Waals surface area contributed by atoms with Crippen molar-refractivity contribution in [2.75, 3.05) is 12.3 Å². The SMILES string of the molecule is CC(CCO)NC(=O)c1cc2cc(N)ccc2s1. The van der Waals surface area contributed by atoms with E-state index in [4.69, 9.17) is 10.8 Å². The van der Waals surface area contributed by atoms with Crippen molar-refractivity contribution in [3.8, 4) is 0 Å².